The van der Waals surface area contributed by atoms with Crippen LogP contribution in [-0.4, -0.2) is 7.28 Å². The number of rotatable bonds is 1. The average molecular weight is 103 g/mol. The molecule has 47 valence electrons. The van der Waals surface area contributed by atoms with Crippen molar-refractivity contribution in [2.45, 2.75) is 42.3 Å². The molecule has 0 saturated heterocycles. The zero-order chi connectivity index (χ0) is 3.41. The largest absolute Gasteiger partial charge is 0.105 e. The Morgan fingerprint density at radius 2 is 1.29 bits per heavy atom. The van der Waals surface area contributed by atoms with Crippen molar-refractivity contribution in [2.24, 2.45) is 0 Å². The summed E-state index contributed by atoms with van der Waals surface area (Å²) in [5, 5.41) is 0. The molecule has 0 fully saturated rings. The molecule has 0 atom stereocenters. The van der Waals surface area contributed by atoms with Gasteiger partial charge in [0.2, 0.25) is 0 Å². The number of hydrogen-bond donors (Lipinski definition) is 0. The topological polar surface area (TPSA) is 0 Å². The molecule has 0 heterocycles. The van der Waals surface area contributed by atoms with Gasteiger partial charge in [-0.05, 0) is 0 Å². The quantitative estimate of drug-likeness (QED) is 0.447. The Balaban J connectivity index is -0.0000000150. The van der Waals surface area contributed by atoms with Crippen molar-refractivity contribution in [3.8, 4) is 0 Å². The molecule has 0 bridgehead atoms. The van der Waals surface area contributed by atoms with E-state index in [0.717, 1.165) is 0 Å². The third-order valence-electron chi connectivity index (χ3n) is 0.408. The van der Waals surface area contributed by atoms with Gasteiger partial charge in [-0.3, -0.25) is 0 Å². The van der Waals surface area contributed by atoms with E-state index in [1.807, 2.05) is 0 Å². The summed E-state index contributed by atoms with van der Waals surface area (Å²) in [6, 6.07) is 0. The molecular weight excluding hydrogens is 82.9 g/mol. The van der Waals surface area contributed by atoms with E-state index in [-0.39, 0.29) is 22.3 Å². The van der Waals surface area contributed by atoms with E-state index >= 15 is 0 Å². The Morgan fingerprint density at radius 1 is 1.14 bits per heavy atom. The highest BCUT2D eigenvalue weighted by Gasteiger charge is 1.61. The molecule has 0 amide bonds. The Hall–Kier alpha value is 0.0649. The molecule has 0 rings (SSSR count). The second kappa shape index (κ2) is 36.5. The second-order valence-corrected chi connectivity index (χ2v) is 0.816. The van der Waals surface area contributed by atoms with Crippen molar-refractivity contribution in [3.05, 3.63) is 0 Å². The molecule has 0 aliphatic rings. The van der Waals surface area contributed by atoms with Crippen LogP contribution in [-0.2, 0) is 0 Å². The highest BCUT2D eigenvalue weighted by atomic mass is 13.3. The molecule has 0 nitrogen and oxygen atoms in total. The first kappa shape index (κ1) is 27.7. The highest BCUT2D eigenvalue weighted by Crippen LogP contribution is 1.64. The van der Waals surface area contributed by atoms with Gasteiger partial charge in [-0.1, -0.05) is 42.3 Å². The maximum absolute atomic E-state index is 2.12. The Bertz CT molecular complexity index is 6.14. The van der Waals surface area contributed by atoms with Crippen LogP contribution in [0.4, 0.5) is 0 Å². The average Bonchev–Trinajstić information content (AvgIpc) is 1.37. The maximum atomic E-state index is 2.12. The molecule has 0 aromatic carbocycles. The molecular formula is C6H20B. The predicted molar refractivity (Wildman–Crippen MR) is 42.3 cm³/mol. The minimum Gasteiger partial charge on any atom is -0.0920 e. The van der Waals surface area contributed by atoms with Gasteiger partial charge < -0.3 is 0 Å². The molecule has 0 aromatic rings. The molecule has 0 saturated carbocycles. The lowest BCUT2D eigenvalue weighted by molar-refractivity contribution is 1.45. The van der Waals surface area contributed by atoms with E-state index in [2.05, 4.69) is 21.0 Å². The van der Waals surface area contributed by atoms with Crippen LogP contribution in [0.15, 0.2) is 0 Å². The van der Waals surface area contributed by atoms with Gasteiger partial charge in [-0.15, -0.1) is 0 Å². The summed E-state index contributed by atoms with van der Waals surface area (Å²) in [6.45, 7) is 4.18. The second-order valence-electron chi connectivity index (χ2n) is 0.816. The number of hydrogen-bond acceptors (Lipinski definition) is 0. The summed E-state index contributed by atoms with van der Waals surface area (Å²) in [4.78, 5) is 0. The van der Waals surface area contributed by atoms with Crippen molar-refractivity contribution in [2.75, 3.05) is 0 Å². The Labute approximate surface area is 50.6 Å². The van der Waals surface area contributed by atoms with Crippen LogP contribution < -0.4 is 0 Å². The standard InChI is InChI=1S/C3H8B.3CH4/c1-3-4-2;;;/h3H2,1-2H3;3*1H4. The van der Waals surface area contributed by atoms with Crippen LogP contribution in [0, 0.1) is 0 Å². The molecule has 0 aromatic heterocycles. The molecule has 0 aliphatic heterocycles. The summed E-state index contributed by atoms with van der Waals surface area (Å²) in [6.07, 6.45) is 1.19. The van der Waals surface area contributed by atoms with E-state index in [1.54, 1.807) is 0 Å². The van der Waals surface area contributed by atoms with Gasteiger partial charge in [0.15, 0.2) is 0 Å². The first-order chi connectivity index (χ1) is 1.91. The zero-order valence-corrected chi connectivity index (χ0v) is 3.28. The van der Waals surface area contributed by atoms with Crippen molar-refractivity contribution >= 4 is 7.28 Å². The normalized spacial score (nSPS) is 3.71. The Kier molecular flexibility index (Phi) is 144. The lowest BCUT2D eigenvalue weighted by Crippen LogP contribution is -1.67. The highest BCUT2D eigenvalue weighted by molar-refractivity contribution is 6.33. The first-order valence-corrected chi connectivity index (χ1v) is 1.69. The Morgan fingerprint density at radius 3 is 1.29 bits per heavy atom. The third kappa shape index (κ3) is 88.4. The summed E-state index contributed by atoms with van der Waals surface area (Å²) in [7, 11) is 2.12. The minimum absolute atomic E-state index is 0. The van der Waals surface area contributed by atoms with Crippen LogP contribution >= 0.6 is 0 Å². The van der Waals surface area contributed by atoms with Gasteiger partial charge in [0.05, 0.1) is 0 Å². The molecule has 0 aliphatic carbocycles. The molecule has 1 heteroatoms. The van der Waals surface area contributed by atoms with Crippen molar-refractivity contribution in [1.82, 2.24) is 0 Å². The van der Waals surface area contributed by atoms with E-state index in [9.17, 15) is 0 Å². The molecule has 0 spiro atoms. The summed E-state index contributed by atoms with van der Waals surface area (Å²) in [5.74, 6) is 0. The van der Waals surface area contributed by atoms with Gasteiger partial charge >= 0.3 is 0 Å². The van der Waals surface area contributed by atoms with Gasteiger partial charge in [0, 0.05) is 0 Å². The van der Waals surface area contributed by atoms with Gasteiger partial charge in [-0.25, -0.2) is 0 Å². The van der Waals surface area contributed by atoms with E-state index < -0.39 is 0 Å². The van der Waals surface area contributed by atoms with Crippen molar-refractivity contribution in [1.29, 1.82) is 0 Å². The van der Waals surface area contributed by atoms with Crippen LogP contribution in [0.1, 0.15) is 29.2 Å². The molecule has 1 radical (unpaired) electrons. The van der Waals surface area contributed by atoms with Crippen LogP contribution in [0.25, 0.3) is 0 Å². The van der Waals surface area contributed by atoms with Crippen LogP contribution in [0.3, 0.4) is 0 Å². The fourth-order valence-corrected chi connectivity index (χ4v) is 0. The summed E-state index contributed by atoms with van der Waals surface area (Å²) >= 11 is 0. The summed E-state index contributed by atoms with van der Waals surface area (Å²) in [5.41, 5.74) is 0. The SMILES string of the molecule is C.C.C.C[B]CC. The maximum Gasteiger partial charge on any atom is 0.105 e. The van der Waals surface area contributed by atoms with Crippen molar-refractivity contribution in [3.63, 3.8) is 0 Å². The van der Waals surface area contributed by atoms with Crippen LogP contribution in [0.5, 0.6) is 0 Å². The van der Waals surface area contributed by atoms with Gasteiger partial charge in [-0.2, -0.15) is 0 Å². The molecule has 0 N–H and O–H groups in total. The van der Waals surface area contributed by atoms with Crippen molar-refractivity contribution < 1.29 is 0 Å². The smallest absolute Gasteiger partial charge is 0.0920 e. The van der Waals surface area contributed by atoms with Crippen LogP contribution in [0.2, 0.25) is 13.1 Å². The first-order valence-electron chi connectivity index (χ1n) is 1.69. The minimum atomic E-state index is 0. The lowest BCUT2D eigenvalue weighted by atomic mass is 9.79. The zero-order valence-electron chi connectivity index (χ0n) is 3.28. The fraction of sp³-hybridized carbons (Fsp3) is 1.00. The van der Waals surface area contributed by atoms with E-state index in [1.165, 1.54) is 6.32 Å². The lowest BCUT2D eigenvalue weighted by Gasteiger charge is -1.64. The fourth-order valence-electron chi connectivity index (χ4n) is 0. The van der Waals surface area contributed by atoms with E-state index in [0.29, 0.717) is 0 Å². The van der Waals surface area contributed by atoms with E-state index in [4.69, 9.17) is 0 Å². The third-order valence-corrected chi connectivity index (χ3v) is 0.408. The summed E-state index contributed by atoms with van der Waals surface area (Å²) < 4.78 is 0. The predicted octanol–water partition coefficient (Wildman–Crippen LogP) is 3.09. The molecule has 0 unspecified atom stereocenters. The van der Waals surface area contributed by atoms with Gasteiger partial charge in [0.1, 0.15) is 7.28 Å². The monoisotopic (exact) mass is 103 g/mol. The molecule has 7 heavy (non-hydrogen) atoms. The van der Waals surface area contributed by atoms with Gasteiger partial charge in [0.25, 0.3) is 0 Å².